The van der Waals surface area contributed by atoms with Crippen LogP contribution in [0.25, 0.3) is 10.9 Å². The van der Waals surface area contributed by atoms with E-state index in [9.17, 15) is 9.90 Å². The molecule has 88 valence electrons. The second kappa shape index (κ2) is 3.60. The maximum absolute atomic E-state index is 12.0. The largest absolute Gasteiger partial charge is 0.503 e. The highest BCUT2D eigenvalue weighted by Gasteiger charge is 2.28. The Morgan fingerprint density at radius 3 is 2.76 bits per heavy atom. The van der Waals surface area contributed by atoms with Crippen molar-refractivity contribution >= 4 is 26.8 Å². The molecule has 1 saturated carbocycles. The minimum Gasteiger partial charge on any atom is -0.503 e. The number of hydrogen-bond acceptors (Lipinski definition) is 2. The van der Waals surface area contributed by atoms with Gasteiger partial charge in [0.15, 0.2) is 5.75 Å². The average Bonchev–Trinajstić information content (AvgIpc) is 3.10. The van der Waals surface area contributed by atoms with Crippen LogP contribution in [0.4, 0.5) is 0 Å². The van der Waals surface area contributed by atoms with Crippen LogP contribution in [0.1, 0.15) is 24.4 Å². The molecule has 4 heteroatoms. The van der Waals surface area contributed by atoms with Crippen LogP contribution >= 0.6 is 15.9 Å². The molecule has 3 rings (SSSR count). The predicted octanol–water partition coefficient (Wildman–Crippen LogP) is 3.11. The molecule has 0 saturated heterocycles. The van der Waals surface area contributed by atoms with E-state index in [1.54, 1.807) is 10.6 Å². The molecule has 17 heavy (non-hydrogen) atoms. The molecule has 1 fully saturated rings. The van der Waals surface area contributed by atoms with Crippen molar-refractivity contribution in [3.8, 4) is 5.75 Å². The minimum atomic E-state index is -0.277. The van der Waals surface area contributed by atoms with Crippen molar-refractivity contribution in [3.63, 3.8) is 0 Å². The second-order valence-electron chi connectivity index (χ2n) is 4.55. The van der Waals surface area contributed by atoms with Crippen LogP contribution in [0.5, 0.6) is 5.75 Å². The second-order valence-corrected chi connectivity index (χ2v) is 5.40. The zero-order valence-electron chi connectivity index (χ0n) is 9.40. The van der Waals surface area contributed by atoms with E-state index in [-0.39, 0.29) is 17.4 Å². The lowest BCUT2D eigenvalue weighted by Gasteiger charge is -2.13. The van der Waals surface area contributed by atoms with Crippen molar-refractivity contribution in [2.24, 2.45) is 0 Å². The molecular formula is C13H12BrNO2. The van der Waals surface area contributed by atoms with Gasteiger partial charge in [0.05, 0.1) is 5.52 Å². The standard InChI is InChI=1S/C13H12BrNO2/c1-7-10(14)5-2-8-6-11(16)13(17)15(12(7)8)9-3-4-9/h2,5-6,9,16H,3-4H2,1H3. The van der Waals surface area contributed by atoms with E-state index >= 15 is 0 Å². The van der Waals surface area contributed by atoms with E-state index in [1.165, 1.54) is 0 Å². The van der Waals surface area contributed by atoms with E-state index in [1.807, 2.05) is 19.1 Å². The molecule has 1 N–H and O–H groups in total. The van der Waals surface area contributed by atoms with Gasteiger partial charge in [-0.25, -0.2) is 0 Å². The number of aryl methyl sites for hydroxylation is 1. The van der Waals surface area contributed by atoms with Gasteiger partial charge in [0.2, 0.25) is 0 Å². The highest BCUT2D eigenvalue weighted by molar-refractivity contribution is 9.10. The minimum absolute atomic E-state index is 0.161. The zero-order valence-corrected chi connectivity index (χ0v) is 11.0. The fraction of sp³-hybridized carbons (Fsp3) is 0.308. The SMILES string of the molecule is Cc1c(Br)ccc2cc(O)c(=O)n(C3CC3)c12. The summed E-state index contributed by atoms with van der Waals surface area (Å²) in [5.41, 5.74) is 1.71. The van der Waals surface area contributed by atoms with Gasteiger partial charge in [0.25, 0.3) is 5.56 Å². The van der Waals surface area contributed by atoms with Crippen LogP contribution in [0.15, 0.2) is 27.5 Å². The number of fused-ring (bicyclic) bond motifs is 1. The van der Waals surface area contributed by atoms with Crippen LogP contribution < -0.4 is 5.56 Å². The predicted molar refractivity (Wildman–Crippen MR) is 70.6 cm³/mol. The molecule has 0 bridgehead atoms. The topological polar surface area (TPSA) is 42.2 Å². The Hall–Kier alpha value is -1.29. The fourth-order valence-corrected chi connectivity index (χ4v) is 2.57. The molecule has 1 aliphatic rings. The maximum Gasteiger partial charge on any atom is 0.293 e. The van der Waals surface area contributed by atoms with Crippen molar-refractivity contribution in [2.45, 2.75) is 25.8 Å². The Kier molecular flexibility index (Phi) is 2.30. The first-order chi connectivity index (χ1) is 8.09. The molecule has 0 atom stereocenters. The summed E-state index contributed by atoms with van der Waals surface area (Å²) in [6.07, 6.45) is 2.04. The average molecular weight is 294 g/mol. The summed E-state index contributed by atoms with van der Waals surface area (Å²) >= 11 is 3.49. The van der Waals surface area contributed by atoms with E-state index in [0.29, 0.717) is 0 Å². The van der Waals surface area contributed by atoms with Gasteiger partial charge in [-0.15, -0.1) is 0 Å². The first kappa shape index (κ1) is 10.8. The summed E-state index contributed by atoms with van der Waals surface area (Å²) in [7, 11) is 0. The molecule has 0 amide bonds. The Bertz CT molecular complexity index is 671. The smallest absolute Gasteiger partial charge is 0.293 e. The first-order valence-electron chi connectivity index (χ1n) is 5.63. The van der Waals surface area contributed by atoms with Crippen LogP contribution in [-0.2, 0) is 0 Å². The van der Waals surface area contributed by atoms with Gasteiger partial charge in [0.1, 0.15) is 0 Å². The molecule has 1 aromatic carbocycles. The summed E-state index contributed by atoms with van der Waals surface area (Å²) in [5, 5.41) is 10.6. The zero-order chi connectivity index (χ0) is 12.2. The third-order valence-corrected chi connectivity index (χ3v) is 4.14. The summed E-state index contributed by atoms with van der Waals surface area (Å²) < 4.78 is 2.73. The van der Waals surface area contributed by atoms with Crippen LogP contribution in [0.2, 0.25) is 0 Å². The van der Waals surface area contributed by atoms with Crippen molar-refractivity contribution in [1.29, 1.82) is 0 Å². The Morgan fingerprint density at radius 1 is 1.41 bits per heavy atom. The van der Waals surface area contributed by atoms with Crippen molar-refractivity contribution < 1.29 is 5.11 Å². The highest BCUT2D eigenvalue weighted by Crippen LogP contribution is 2.38. The molecule has 0 aliphatic heterocycles. The number of aromatic nitrogens is 1. The van der Waals surface area contributed by atoms with Gasteiger partial charge in [-0.05, 0) is 37.5 Å². The fourth-order valence-electron chi connectivity index (χ4n) is 2.25. The first-order valence-corrected chi connectivity index (χ1v) is 6.42. The van der Waals surface area contributed by atoms with Crippen molar-refractivity contribution in [1.82, 2.24) is 4.57 Å². The molecular weight excluding hydrogens is 282 g/mol. The molecule has 0 spiro atoms. The molecule has 2 aromatic rings. The Labute approximate surface area is 107 Å². The van der Waals surface area contributed by atoms with Gasteiger partial charge in [-0.1, -0.05) is 22.0 Å². The monoisotopic (exact) mass is 293 g/mol. The van der Waals surface area contributed by atoms with Crippen molar-refractivity contribution in [3.05, 3.63) is 38.6 Å². The molecule has 1 aromatic heterocycles. The van der Waals surface area contributed by atoms with Crippen LogP contribution in [-0.4, -0.2) is 9.67 Å². The normalized spacial score (nSPS) is 15.4. The van der Waals surface area contributed by atoms with E-state index in [0.717, 1.165) is 33.8 Å². The van der Waals surface area contributed by atoms with Gasteiger partial charge in [-0.2, -0.15) is 0 Å². The Morgan fingerprint density at radius 2 is 2.12 bits per heavy atom. The van der Waals surface area contributed by atoms with Gasteiger partial charge < -0.3 is 9.67 Å². The number of nitrogens with zero attached hydrogens (tertiary/aromatic N) is 1. The number of pyridine rings is 1. The van der Waals surface area contributed by atoms with Crippen molar-refractivity contribution in [2.75, 3.05) is 0 Å². The number of aromatic hydroxyl groups is 1. The lowest BCUT2D eigenvalue weighted by Crippen LogP contribution is -2.19. The van der Waals surface area contributed by atoms with E-state index in [2.05, 4.69) is 15.9 Å². The molecule has 3 nitrogen and oxygen atoms in total. The lowest BCUT2D eigenvalue weighted by atomic mass is 10.1. The molecule has 0 unspecified atom stereocenters. The number of halogens is 1. The third kappa shape index (κ3) is 1.59. The quantitative estimate of drug-likeness (QED) is 0.878. The number of rotatable bonds is 1. The van der Waals surface area contributed by atoms with E-state index in [4.69, 9.17) is 0 Å². The van der Waals surface area contributed by atoms with Gasteiger partial charge in [0, 0.05) is 15.9 Å². The van der Waals surface area contributed by atoms with E-state index < -0.39 is 0 Å². The summed E-state index contributed by atoms with van der Waals surface area (Å²) in [5.74, 6) is -0.161. The summed E-state index contributed by atoms with van der Waals surface area (Å²) in [6.45, 7) is 1.99. The van der Waals surface area contributed by atoms with Gasteiger partial charge in [-0.3, -0.25) is 4.79 Å². The molecule has 0 radical (unpaired) electrons. The molecule has 1 aliphatic carbocycles. The van der Waals surface area contributed by atoms with Crippen LogP contribution in [0.3, 0.4) is 0 Å². The number of benzene rings is 1. The number of hydrogen-bond donors (Lipinski definition) is 1. The third-order valence-electron chi connectivity index (χ3n) is 3.28. The summed E-state index contributed by atoms with van der Waals surface area (Å²) in [6, 6.07) is 5.67. The Balaban J connectivity index is 2.51. The van der Waals surface area contributed by atoms with Gasteiger partial charge >= 0.3 is 0 Å². The molecule has 1 heterocycles. The highest BCUT2D eigenvalue weighted by atomic mass is 79.9. The lowest BCUT2D eigenvalue weighted by molar-refractivity contribution is 0.460. The summed E-state index contributed by atoms with van der Waals surface area (Å²) in [4.78, 5) is 12.0. The maximum atomic E-state index is 12.0. The van der Waals surface area contributed by atoms with Crippen LogP contribution in [0, 0.1) is 6.92 Å².